The molecule has 0 fully saturated rings. The second kappa shape index (κ2) is 4.51. The highest BCUT2D eigenvalue weighted by atomic mass is 79.9. The number of nitrogens with two attached hydrogens (primary N) is 1. The summed E-state index contributed by atoms with van der Waals surface area (Å²) < 4.78 is 0.730. The van der Waals surface area contributed by atoms with E-state index in [0.29, 0.717) is 17.8 Å². The van der Waals surface area contributed by atoms with Gasteiger partial charge >= 0.3 is 0 Å². The predicted molar refractivity (Wildman–Crippen MR) is 77.9 cm³/mol. The van der Waals surface area contributed by atoms with Crippen LogP contribution in [0.5, 0.6) is 0 Å². The van der Waals surface area contributed by atoms with Crippen LogP contribution in [-0.4, -0.2) is 16.5 Å². The van der Waals surface area contributed by atoms with Crippen LogP contribution in [0, 0.1) is 0 Å². The lowest BCUT2D eigenvalue weighted by Crippen LogP contribution is -2.34. The molecule has 94 valence electrons. The van der Waals surface area contributed by atoms with Crippen LogP contribution in [-0.2, 0) is 6.42 Å². The van der Waals surface area contributed by atoms with Gasteiger partial charge in [-0.25, -0.2) is 4.98 Å². The minimum Gasteiger partial charge on any atom is -0.383 e. The molecule has 6 heteroatoms. The zero-order valence-electron chi connectivity index (χ0n) is 9.93. The largest absolute Gasteiger partial charge is 0.383 e. The molecule has 1 atom stereocenters. The summed E-state index contributed by atoms with van der Waals surface area (Å²) in [6.45, 7) is 3.12. The van der Waals surface area contributed by atoms with Crippen LogP contribution in [0.2, 0.25) is 0 Å². The van der Waals surface area contributed by atoms with Crippen LogP contribution in [0.3, 0.4) is 0 Å². The number of hydrogen-bond acceptors (Lipinski definition) is 5. The normalized spacial score (nSPS) is 18.8. The quantitative estimate of drug-likeness (QED) is 0.819. The van der Waals surface area contributed by atoms with Gasteiger partial charge in [0.05, 0.1) is 6.04 Å². The lowest BCUT2D eigenvalue weighted by Gasteiger charge is -2.33. The maximum absolute atomic E-state index is 5.78. The molecule has 3 heterocycles. The minimum atomic E-state index is 0.300. The Morgan fingerprint density at radius 1 is 1.50 bits per heavy atom. The lowest BCUT2D eigenvalue weighted by atomic mass is 10.0. The molecule has 2 aromatic rings. The molecule has 0 aliphatic carbocycles. The molecule has 0 saturated heterocycles. The van der Waals surface area contributed by atoms with Crippen molar-refractivity contribution in [1.29, 1.82) is 0 Å². The summed E-state index contributed by atoms with van der Waals surface area (Å²) >= 11 is 5.20. The monoisotopic (exact) mass is 324 g/mol. The zero-order valence-corrected chi connectivity index (χ0v) is 12.3. The number of fused-ring (bicyclic) bond motifs is 1. The van der Waals surface area contributed by atoms with Crippen molar-refractivity contribution in [3.05, 3.63) is 32.6 Å². The number of rotatable bonds is 1. The highest BCUT2D eigenvalue weighted by Gasteiger charge is 2.26. The fraction of sp³-hybridized carbons (Fsp3) is 0.333. The first-order valence-electron chi connectivity index (χ1n) is 5.78. The standard InChI is InChI=1S/C12H13BrN4S/c1-7-8-3-5-18-9(8)2-4-17(7)12-15-10(13)6-11(14)16-12/h3,5-7H,2,4H2,1H3,(H2,14,15,16). The molecule has 1 unspecified atom stereocenters. The summed E-state index contributed by atoms with van der Waals surface area (Å²) in [5, 5.41) is 2.15. The third-order valence-electron chi connectivity index (χ3n) is 3.24. The number of aromatic nitrogens is 2. The van der Waals surface area contributed by atoms with E-state index in [9.17, 15) is 0 Å². The van der Waals surface area contributed by atoms with Gasteiger partial charge in [-0.2, -0.15) is 4.98 Å². The average Bonchev–Trinajstić information content (AvgIpc) is 2.77. The Morgan fingerprint density at radius 3 is 3.11 bits per heavy atom. The van der Waals surface area contributed by atoms with Gasteiger partial charge in [0.15, 0.2) is 0 Å². The molecule has 1 aliphatic heterocycles. The summed E-state index contributed by atoms with van der Waals surface area (Å²) in [7, 11) is 0. The van der Waals surface area contributed by atoms with Gasteiger partial charge in [-0.3, -0.25) is 0 Å². The maximum atomic E-state index is 5.78. The maximum Gasteiger partial charge on any atom is 0.228 e. The number of halogens is 1. The third-order valence-corrected chi connectivity index (χ3v) is 4.64. The smallest absolute Gasteiger partial charge is 0.228 e. The van der Waals surface area contributed by atoms with Crippen LogP contribution >= 0.6 is 27.3 Å². The van der Waals surface area contributed by atoms with E-state index in [1.807, 2.05) is 11.3 Å². The SMILES string of the molecule is CC1c2ccsc2CCN1c1nc(N)cc(Br)n1. The van der Waals surface area contributed by atoms with Crippen LogP contribution in [0.15, 0.2) is 22.1 Å². The van der Waals surface area contributed by atoms with Gasteiger partial charge in [-0.15, -0.1) is 11.3 Å². The lowest BCUT2D eigenvalue weighted by molar-refractivity contribution is 0.615. The highest BCUT2D eigenvalue weighted by Crippen LogP contribution is 2.35. The number of thiophene rings is 1. The molecule has 3 rings (SSSR count). The number of hydrogen-bond donors (Lipinski definition) is 1. The molecule has 0 bridgehead atoms. The fourth-order valence-electron chi connectivity index (χ4n) is 2.33. The topological polar surface area (TPSA) is 55.0 Å². The van der Waals surface area contributed by atoms with Gasteiger partial charge in [0.2, 0.25) is 5.95 Å². The molecule has 18 heavy (non-hydrogen) atoms. The highest BCUT2D eigenvalue weighted by molar-refractivity contribution is 9.10. The van der Waals surface area contributed by atoms with Crippen LogP contribution in [0.25, 0.3) is 0 Å². The van der Waals surface area contributed by atoms with Gasteiger partial charge in [-0.05, 0) is 46.3 Å². The van der Waals surface area contributed by atoms with Gasteiger partial charge in [0, 0.05) is 17.5 Å². The second-order valence-electron chi connectivity index (χ2n) is 4.33. The predicted octanol–water partition coefficient (Wildman–Crippen LogP) is 3.01. The molecule has 0 aromatic carbocycles. The molecule has 0 amide bonds. The molecule has 0 saturated carbocycles. The van der Waals surface area contributed by atoms with E-state index in [1.165, 1.54) is 10.4 Å². The van der Waals surface area contributed by atoms with Gasteiger partial charge in [0.1, 0.15) is 10.4 Å². The van der Waals surface area contributed by atoms with E-state index in [0.717, 1.165) is 17.6 Å². The van der Waals surface area contributed by atoms with E-state index >= 15 is 0 Å². The van der Waals surface area contributed by atoms with Crippen molar-refractivity contribution in [2.75, 3.05) is 17.2 Å². The van der Waals surface area contributed by atoms with Crippen LogP contribution < -0.4 is 10.6 Å². The second-order valence-corrected chi connectivity index (χ2v) is 6.15. The van der Waals surface area contributed by atoms with Crippen LogP contribution in [0.4, 0.5) is 11.8 Å². The Labute approximate surface area is 118 Å². The average molecular weight is 325 g/mol. The summed E-state index contributed by atoms with van der Waals surface area (Å²) in [6, 6.07) is 4.21. The van der Waals surface area contributed by atoms with E-state index in [2.05, 4.69) is 49.2 Å². The summed E-state index contributed by atoms with van der Waals surface area (Å²) in [5.74, 6) is 1.20. The molecule has 1 aliphatic rings. The van der Waals surface area contributed by atoms with E-state index in [1.54, 1.807) is 6.07 Å². The van der Waals surface area contributed by atoms with Crippen molar-refractivity contribution in [3.63, 3.8) is 0 Å². The van der Waals surface area contributed by atoms with E-state index in [-0.39, 0.29) is 0 Å². The van der Waals surface area contributed by atoms with Gasteiger partial charge < -0.3 is 10.6 Å². The molecule has 2 aromatic heterocycles. The Bertz CT molecular complexity index is 563. The van der Waals surface area contributed by atoms with Gasteiger partial charge in [0.25, 0.3) is 0 Å². The zero-order chi connectivity index (χ0) is 12.7. The summed E-state index contributed by atoms with van der Waals surface area (Å²) in [4.78, 5) is 12.4. The molecule has 2 N–H and O–H groups in total. The third kappa shape index (κ3) is 1.99. The first-order valence-corrected chi connectivity index (χ1v) is 7.45. The molecule has 0 radical (unpaired) electrons. The molecule has 4 nitrogen and oxygen atoms in total. The van der Waals surface area contributed by atoms with Crippen molar-refractivity contribution in [2.24, 2.45) is 0 Å². The van der Waals surface area contributed by atoms with Crippen molar-refractivity contribution in [3.8, 4) is 0 Å². The Balaban J connectivity index is 1.99. The number of nitrogens with zero attached hydrogens (tertiary/aromatic N) is 3. The Kier molecular flexibility index (Phi) is 2.99. The number of anilines is 2. The molecule has 0 spiro atoms. The Hall–Kier alpha value is -1.14. The molecular weight excluding hydrogens is 312 g/mol. The van der Waals surface area contributed by atoms with Crippen LogP contribution in [0.1, 0.15) is 23.4 Å². The van der Waals surface area contributed by atoms with Gasteiger partial charge in [-0.1, -0.05) is 0 Å². The van der Waals surface area contributed by atoms with E-state index < -0.39 is 0 Å². The van der Waals surface area contributed by atoms with Crippen molar-refractivity contribution >= 4 is 39.0 Å². The summed E-state index contributed by atoms with van der Waals surface area (Å²) in [5.41, 5.74) is 7.16. The van der Waals surface area contributed by atoms with Crippen molar-refractivity contribution in [2.45, 2.75) is 19.4 Å². The van der Waals surface area contributed by atoms with E-state index in [4.69, 9.17) is 5.73 Å². The summed E-state index contributed by atoms with van der Waals surface area (Å²) in [6.07, 6.45) is 1.05. The number of nitrogen functional groups attached to an aromatic ring is 1. The first-order chi connectivity index (χ1) is 8.65. The van der Waals surface area contributed by atoms with Crippen molar-refractivity contribution in [1.82, 2.24) is 9.97 Å². The van der Waals surface area contributed by atoms with Crippen molar-refractivity contribution < 1.29 is 0 Å². The Morgan fingerprint density at radius 2 is 2.33 bits per heavy atom. The molecular formula is C12H13BrN4S. The minimum absolute atomic E-state index is 0.300. The first kappa shape index (κ1) is 11.9. The fourth-order valence-corrected chi connectivity index (χ4v) is 3.69.